The zero-order chi connectivity index (χ0) is 16.4. The third-order valence-corrected chi connectivity index (χ3v) is 4.53. The molecule has 0 saturated heterocycles. The van der Waals surface area contributed by atoms with Crippen molar-refractivity contribution < 1.29 is 22.7 Å². The van der Waals surface area contributed by atoms with Crippen LogP contribution in [0.4, 0.5) is 4.79 Å². The topological polar surface area (TPSA) is 116 Å². The highest BCUT2D eigenvalue weighted by Crippen LogP contribution is 2.38. The number of hydrogen-bond donors (Lipinski definition) is 2. The van der Waals surface area contributed by atoms with E-state index in [1.807, 2.05) is 5.32 Å². The number of carbonyl (C=O) groups excluding carboxylic acids is 2. The van der Waals surface area contributed by atoms with Crippen LogP contribution in [-0.2, 0) is 13.8 Å². The van der Waals surface area contributed by atoms with E-state index in [2.05, 4.69) is 0 Å². The van der Waals surface area contributed by atoms with Gasteiger partial charge in [0, 0.05) is 10.7 Å². The summed E-state index contributed by atoms with van der Waals surface area (Å²) in [5, 5.41) is 1.23. The van der Waals surface area contributed by atoms with Gasteiger partial charge in [-0.15, -0.1) is 0 Å². The van der Waals surface area contributed by atoms with Crippen LogP contribution in [0.25, 0.3) is 0 Å². The minimum atomic E-state index is -4.07. The molecule has 1 rings (SSSR count). The van der Waals surface area contributed by atoms with Crippen LogP contribution in [0.5, 0.6) is 5.75 Å². The van der Waals surface area contributed by atoms with Gasteiger partial charge in [0.1, 0.15) is 15.7 Å². The molecule has 0 aromatic heterocycles. The first-order valence-electron chi connectivity index (χ1n) is 5.23. The van der Waals surface area contributed by atoms with Gasteiger partial charge in [0.05, 0.1) is 5.02 Å². The second-order valence-electron chi connectivity index (χ2n) is 3.74. The number of hydrogen-bond acceptors (Lipinski definition) is 5. The molecule has 0 heterocycles. The molecule has 1 aromatic carbocycles. The zero-order valence-electron chi connectivity index (χ0n) is 10.4. The van der Waals surface area contributed by atoms with E-state index in [1.54, 1.807) is 0 Å². The smallest absolute Gasteiger partial charge is 0.318 e. The summed E-state index contributed by atoms with van der Waals surface area (Å²) in [6.07, 6.45) is -1.12. The molecule has 116 valence electrons. The minimum Gasteiger partial charge on any atom is -0.479 e. The number of carbonyl (C=O) groups is 2. The molecular weight excluding hydrogens is 367 g/mol. The Morgan fingerprint density at radius 2 is 1.86 bits per heavy atom. The lowest BCUT2D eigenvalue weighted by atomic mass is 10.3. The first kappa shape index (κ1) is 17.8. The van der Waals surface area contributed by atoms with E-state index in [9.17, 15) is 18.0 Å². The largest absolute Gasteiger partial charge is 0.479 e. The predicted octanol–water partition coefficient (Wildman–Crippen LogP) is 1.88. The van der Waals surface area contributed by atoms with Crippen LogP contribution < -0.4 is 15.8 Å². The molecule has 0 bridgehead atoms. The van der Waals surface area contributed by atoms with E-state index >= 15 is 0 Å². The summed E-state index contributed by atoms with van der Waals surface area (Å²) >= 11 is 11.6. The highest BCUT2D eigenvalue weighted by Gasteiger charge is 2.22. The molecule has 1 atom stereocenters. The summed E-state index contributed by atoms with van der Waals surface area (Å²) in [5.74, 6) is -0.860. The second-order valence-corrected chi connectivity index (χ2v) is 7.03. The van der Waals surface area contributed by atoms with Gasteiger partial charge in [0.2, 0.25) is 0 Å². The Kier molecular flexibility index (Phi) is 5.68. The highest BCUT2D eigenvalue weighted by molar-refractivity contribution is 8.13. The number of urea groups is 1. The van der Waals surface area contributed by atoms with Crippen molar-refractivity contribution in [2.24, 2.45) is 5.73 Å². The number of amides is 3. The molecule has 0 saturated carbocycles. The van der Waals surface area contributed by atoms with Gasteiger partial charge < -0.3 is 10.5 Å². The lowest BCUT2D eigenvalue weighted by molar-refractivity contribution is -0.126. The Bertz CT molecular complexity index is 692. The number of nitrogens with one attached hydrogen (secondary N) is 1. The Labute approximate surface area is 134 Å². The van der Waals surface area contributed by atoms with Crippen LogP contribution >= 0.6 is 33.9 Å². The summed E-state index contributed by atoms with van der Waals surface area (Å²) < 4.78 is 27.7. The van der Waals surface area contributed by atoms with E-state index in [0.29, 0.717) is 0 Å². The molecule has 11 heteroatoms. The number of halogens is 3. The quantitative estimate of drug-likeness (QED) is 0.780. The molecule has 0 aliphatic rings. The maximum Gasteiger partial charge on any atom is 0.318 e. The summed E-state index contributed by atoms with van der Waals surface area (Å²) in [6.45, 7) is 1.33. The number of nitrogens with two attached hydrogens (primary N) is 1. The maximum atomic E-state index is 11.5. The van der Waals surface area contributed by atoms with Crippen molar-refractivity contribution in [1.29, 1.82) is 0 Å². The molecule has 0 spiro atoms. The Hall–Kier alpha value is -1.22. The molecule has 3 N–H and O–H groups in total. The molecular formula is C10H9Cl3N2O5S. The van der Waals surface area contributed by atoms with Crippen LogP contribution in [0.3, 0.4) is 0 Å². The molecule has 21 heavy (non-hydrogen) atoms. The van der Waals surface area contributed by atoms with Crippen molar-refractivity contribution in [2.45, 2.75) is 17.9 Å². The Morgan fingerprint density at radius 1 is 1.29 bits per heavy atom. The monoisotopic (exact) mass is 374 g/mol. The second kappa shape index (κ2) is 6.69. The van der Waals surface area contributed by atoms with E-state index in [4.69, 9.17) is 44.4 Å². The molecule has 0 radical (unpaired) electrons. The van der Waals surface area contributed by atoms with E-state index < -0.39 is 32.0 Å². The van der Waals surface area contributed by atoms with E-state index in [-0.39, 0.29) is 15.8 Å². The van der Waals surface area contributed by atoms with Gasteiger partial charge in [-0.05, 0) is 19.1 Å². The average molecular weight is 376 g/mol. The molecule has 3 amide bonds. The molecule has 0 aliphatic heterocycles. The number of rotatable bonds is 4. The minimum absolute atomic E-state index is 0.0575. The third kappa shape index (κ3) is 4.63. The molecule has 7 nitrogen and oxygen atoms in total. The van der Waals surface area contributed by atoms with Crippen molar-refractivity contribution in [3.63, 3.8) is 0 Å². The predicted molar refractivity (Wildman–Crippen MR) is 77.3 cm³/mol. The van der Waals surface area contributed by atoms with Crippen LogP contribution in [0.15, 0.2) is 17.0 Å². The van der Waals surface area contributed by atoms with E-state index in [0.717, 1.165) is 6.07 Å². The highest BCUT2D eigenvalue weighted by atomic mass is 35.7. The summed E-state index contributed by atoms with van der Waals surface area (Å²) in [7, 11) is 1.10. The van der Waals surface area contributed by atoms with Crippen molar-refractivity contribution in [3.8, 4) is 5.75 Å². The average Bonchev–Trinajstić information content (AvgIpc) is 2.32. The summed E-state index contributed by atoms with van der Waals surface area (Å²) in [6, 6.07) is 1.21. The Morgan fingerprint density at radius 3 is 2.33 bits per heavy atom. The van der Waals surface area contributed by atoms with Crippen LogP contribution in [0.2, 0.25) is 10.0 Å². The molecule has 1 unspecified atom stereocenters. The molecule has 0 fully saturated rings. The van der Waals surface area contributed by atoms with Crippen molar-refractivity contribution >= 4 is 54.9 Å². The standard InChI is InChI=1S/C10H9Cl3N2O5S/c1-4(9(16)15-10(14)17)20-5-2-3-6(21(13,18)19)8(12)7(5)11/h2-4H,1H3,(H3,14,15,16,17). The zero-order valence-corrected chi connectivity index (χ0v) is 13.5. The van der Waals surface area contributed by atoms with Crippen LogP contribution in [0, 0.1) is 0 Å². The first-order valence-corrected chi connectivity index (χ1v) is 8.30. The number of primary amides is 1. The normalized spacial score (nSPS) is 12.6. The van der Waals surface area contributed by atoms with Gasteiger partial charge >= 0.3 is 6.03 Å². The van der Waals surface area contributed by atoms with Crippen molar-refractivity contribution in [3.05, 3.63) is 22.2 Å². The summed E-state index contributed by atoms with van der Waals surface area (Å²) in [5.41, 5.74) is 4.79. The van der Waals surface area contributed by atoms with Crippen LogP contribution in [0.1, 0.15) is 6.92 Å². The lowest BCUT2D eigenvalue weighted by Crippen LogP contribution is -2.42. The number of ether oxygens (including phenoxy) is 1. The number of benzene rings is 1. The van der Waals surface area contributed by atoms with Crippen molar-refractivity contribution in [1.82, 2.24) is 5.32 Å². The van der Waals surface area contributed by atoms with E-state index in [1.165, 1.54) is 13.0 Å². The molecule has 0 aliphatic carbocycles. The van der Waals surface area contributed by atoms with Gasteiger partial charge in [0.15, 0.2) is 6.10 Å². The SMILES string of the molecule is CC(Oc1ccc(S(=O)(=O)Cl)c(Cl)c1Cl)C(=O)NC(N)=O. The first-order chi connectivity index (χ1) is 9.54. The molecule has 1 aromatic rings. The van der Waals surface area contributed by atoms with Crippen molar-refractivity contribution in [2.75, 3.05) is 0 Å². The third-order valence-electron chi connectivity index (χ3n) is 2.19. The fourth-order valence-corrected chi connectivity index (χ4v) is 3.04. The Balaban J connectivity index is 3.04. The summed E-state index contributed by atoms with van der Waals surface area (Å²) in [4.78, 5) is 21.6. The van der Waals surface area contributed by atoms with Gasteiger partial charge in [0.25, 0.3) is 15.0 Å². The van der Waals surface area contributed by atoms with Gasteiger partial charge in [-0.25, -0.2) is 13.2 Å². The maximum absolute atomic E-state index is 11.5. The lowest BCUT2D eigenvalue weighted by Gasteiger charge is -2.15. The van der Waals surface area contributed by atoms with Gasteiger partial charge in [-0.2, -0.15) is 0 Å². The van der Waals surface area contributed by atoms with Gasteiger partial charge in [-0.1, -0.05) is 23.2 Å². The van der Waals surface area contributed by atoms with Gasteiger partial charge in [-0.3, -0.25) is 10.1 Å². The fourth-order valence-electron chi connectivity index (χ4n) is 1.26. The van der Waals surface area contributed by atoms with Crippen LogP contribution in [-0.4, -0.2) is 26.5 Å². The fraction of sp³-hybridized carbons (Fsp3) is 0.200. The number of imide groups is 1.